The number of alkyl halides is 3. The van der Waals surface area contributed by atoms with Crippen LogP contribution < -0.4 is 5.56 Å². The van der Waals surface area contributed by atoms with Crippen LogP contribution in [0.15, 0.2) is 35.3 Å². The Morgan fingerprint density at radius 1 is 1.19 bits per heavy atom. The topological polar surface area (TPSA) is 65.2 Å². The normalized spacial score (nSPS) is 19.8. The molecule has 7 nitrogen and oxygen atoms in total. The molecule has 4 heterocycles. The van der Waals surface area contributed by atoms with Gasteiger partial charge in [-0.1, -0.05) is 12.1 Å². The lowest BCUT2D eigenvalue weighted by Gasteiger charge is -2.27. The molecule has 0 amide bonds. The molecule has 0 N–H and O–H groups in total. The number of nitrogens with zero attached hydrogens (tertiary/aromatic N) is 5. The maximum absolute atomic E-state index is 13.4. The largest absolute Gasteiger partial charge is 0.406 e. The Kier molecular flexibility index (Phi) is 5.05. The van der Waals surface area contributed by atoms with Gasteiger partial charge in [0.1, 0.15) is 12.4 Å². The predicted molar refractivity (Wildman–Crippen MR) is 106 cm³/mol. The molecular formula is C21H22F3N5O2. The SMILES string of the molecule is O=c1c2ccccc2nc(C2CCCN2Cc2cnn3c2COCC3)n1CC(F)(F)F. The third-order valence-electron chi connectivity index (χ3n) is 5.99. The number of ether oxygens (including phenoxy) is 1. The Labute approximate surface area is 176 Å². The number of rotatable bonds is 4. The zero-order chi connectivity index (χ0) is 21.6. The predicted octanol–water partition coefficient (Wildman–Crippen LogP) is 3.02. The van der Waals surface area contributed by atoms with Gasteiger partial charge in [0, 0.05) is 12.1 Å². The fraction of sp³-hybridized carbons (Fsp3) is 0.476. The van der Waals surface area contributed by atoms with E-state index in [1.165, 1.54) is 6.07 Å². The summed E-state index contributed by atoms with van der Waals surface area (Å²) >= 11 is 0. The molecule has 10 heteroatoms. The van der Waals surface area contributed by atoms with Gasteiger partial charge in [0.15, 0.2) is 0 Å². The molecule has 2 aliphatic heterocycles. The summed E-state index contributed by atoms with van der Waals surface area (Å²) in [5.41, 5.74) is 1.76. The van der Waals surface area contributed by atoms with Gasteiger partial charge in [0.2, 0.25) is 0 Å². The molecule has 3 aromatic rings. The van der Waals surface area contributed by atoms with E-state index in [1.807, 2.05) is 4.68 Å². The van der Waals surface area contributed by atoms with Crippen molar-refractivity contribution in [1.29, 1.82) is 0 Å². The van der Waals surface area contributed by atoms with Crippen LogP contribution in [0.4, 0.5) is 13.2 Å². The Balaban J connectivity index is 1.55. The zero-order valence-electron chi connectivity index (χ0n) is 16.8. The monoisotopic (exact) mass is 433 g/mol. The summed E-state index contributed by atoms with van der Waals surface area (Å²) in [7, 11) is 0. The van der Waals surface area contributed by atoms with Gasteiger partial charge in [-0.25, -0.2) is 4.98 Å². The standard InChI is InChI=1S/C21H22F3N5O2/c22-21(23,24)13-28-19(26-16-5-2-1-4-15(16)20(28)30)17-6-3-7-27(17)11-14-10-25-29-8-9-31-12-18(14)29/h1-2,4-5,10,17H,3,6-9,11-13H2. The smallest absolute Gasteiger partial charge is 0.373 e. The van der Waals surface area contributed by atoms with Crippen molar-refractivity contribution in [2.45, 2.75) is 51.3 Å². The average molecular weight is 433 g/mol. The molecule has 31 heavy (non-hydrogen) atoms. The molecule has 1 unspecified atom stereocenters. The van der Waals surface area contributed by atoms with Gasteiger partial charge in [0.05, 0.1) is 48.6 Å². The average Bonchev–Trinajstić information content (AvgIpc) is 3.37. The van der Waals surface area contributed by atoms with Crippen LogP contribution >= 0.6 is 0 Å². The van der Waals surface area contributed by atoms with E-state index in [4.69, 9.17) is 4.74 Å². The molecular weight excluding hydrogens is 411 g/mol. The van der Waals surface area contributed by atoms with Crippen LogP contribution in [-0.2, 0) is 31.0 Å². The minimum atomic E-state index is -4.52. The minimum Gasteiger partial charge on any atom is -0.373 e. The Morgan fingerprint density at radius 2 is 2.03 bits per heavy atom. The third kappa shape index (κ3) is 3.85. The van der Waals surface area contributed by atoms with Gasteiger partial charge in [-0.15, -0.1) is 0 Å². The zero-order valence-corrected chi connectivity index (χ0v) is 16.8. The Bertz CT molecular complexity index is 1170. The molecule has 0 saturated carbocycles. The summed E-state index contributed by atoms with van der Waals surface area (Å²) < 4.78 is 48.3. The second-order valence-corrected chi connectivity index (χ2v) is 8.01. The molecule has 0 spiro atoms. The van der Waals surface area contributed by atoms with E-state index in [0.717, 1.165) is 22.2 Å². The summed E-state index contributed by atoms with van der Waals surface area (Å²) in [5.74, 6) is 0.177. The van der Waals surface area contributed by atoms with Crippen molar-refractivity contribution in [3.05, 3.63) is 57.9 Å². The first-order valence-corrected chi connectivity index (χ1v) is 10.3. The molecule has 5 rings (SSSR count). The van der Waals surface area contributed by atoms with Gasteiger partial charge in [-0.2, -0.15) is 18.3 Å². The van der Waals surface area contributed by atoms with Gasteiger partial charge in [-0.3, -0.25) is 18.9 Å². The highest BCUT2D eigenvalue weighted by molar-refractivity contribution is 5.77. The number of hydrogen-bond acceptors (Lipinski definition) is 5. The van der Waals surface area contributed by atoms with Crippen LogP contribution in [0, 0.1) is 0 Å². The van der Waals surface area contributed by atoms with E-state index in [2.05, 4.69) is 15.0 Å². The highest BCUT2D eigenvalue weighted by Gasteiger charge is 2.35. The summed E-state index contributed by atoms with van der Waals surface area (Å²) in [6.07, 6.45) is -1.26. The lowest BCUT2D eigenvalue weighted by atomic mass is 10.1. The number of para-hydroxylation sites is 1. The number of hydrogen-bond donors (Lipinski definition) is 0. The van der Waals surface area contributed by atoms with E-state index >= 15 is 0 Å². The molecule has 0 radical (unpaired) electrons. The fourth-order valence-corrected chi connectivity index (χ4v) is 4.56. The lowest BCUT2D eigenvalue weighted by molar-refractivity contribution is -0.142. The highest BCUT2D eigenvalue weighted by Crippen LogP contribution is 2.34. The highest BCUT2D eigenvalue weighted by atomic mass is 19.4. The summed E-state index contributed by atoms with van der Waals surface area (Å²) in [4.78, 5) is 19.6. The number of aromatic nitrogens is 4. The van der Waals surface area contributed by atoms with Crippen LogP contribution in [0.3, 0.4) is 0 Å². The molecule has 0 bridgehead atoms. The van der Waals surface area contributed by atoms with E-state index < -0.39 is 18.3 Å². The van der Waals surface area contributed by atoms with Gasteiger partial charge in [0.25, 0.3) is 5.56 Å². The first-order chi connectivity index (χ1) is 14.9. The van der Waals surface area contributed by atoms with Crippen LogP contribution in [0.5, 0.6) is 0 Å². The molecule has 2 aromatic heterocycles. The Hall–Kier alpha value is -2.72. The number of likely N-dealkylation sites (tertiary alicyclic amines) is 1. The maximum Gasteiger partial charge on any atom is 0.406 e. The second-order valence-electron chi connectivity index (χ2n) is 8.01. The van der Waals surface area contributed by atoms with Crippen LogP contribution in [0.1, 0.15) is 36.0 Å². The fourth-order valence-electron chi connectivity index (χ4n) is 4.56. The van der Waals surface area contributed by atoms with Crippen molar-refractivity contribution in [3.63, 3.8) is 0 Å². The molecule has 2 aliphatic rings. The summed E-state index contributed by atoms with van der Waals surface area (Å²) in [5, 5.41) is 4.61. The van der Waals surface area contributed by atoms with Crippen molar-refractivity contribution < 1.29 is 17.9 Å². The maximum atomic E-state index is 13.4. The quantitative estimate of drug-likeness (QED) is 0.633. The van der Waals surface area contributed by atoms with Crippen molar-refractivity contribution >= 4 is 10.9 Å². The van der Waals surface area contributed by atoms with Crippen molar-refractivity contribution in [2.24, 2.45) is 0 Å². The van der Waals surface area contributed by atoms with Crippen LogP contribution in [0.2, 0.25) is 0 Å². The second kappa shape index (κ2) is 7.76. The number of fused-ring (bicyclic) bond motifs is 2. The van der Waals surface area contributed by atoms with Gasteiger partial charge < -0.3 is 4.74 Å². The van der Waals surface area contributed by atoms with Crippen molar-refractivity contribution in [2.75, 3.05) is 13.2 Å². The van der Waals surface area contributed by atoms with Crippen molar-refractivity contribution in [1.82, 2.24) is 24.2 Å². The first kappa shape index (κ1) is 20.2. The Morgan fingerprint density at radius 3 is 2.87 bits per heavy atom. The van der Waals surface area contributed by atoms with E-state index in [9.17, 15) is 18.0 Å². The third-order valence-corrected chi connectivity index (χ3v) is 5.99. The summed E-state index contributed by atoms with van der Waals surface area (Å²) in [6.45, 7) is 1.67. The van der Waals surface area contributed by atoms with Gasteiger partial charge in [-0.05, 0) is 31.5 Å². The van der Waals surface area contributed by atoms with E-state index in [-0.39, 0.29) is 17.3 Å². The van der Waals surface area contributed by atoms with Gasteiger partial charge >= 0.3 is 6.18 Å². The molecule has 164 valence electrons. The van der Waals surface area contributed by atoms with Crippen molar-refractivity contribution in [3.8, 4) is 0 Å². The van der Waals surface area contributed by atoms with Crippen LogP contribution in [0.25, 0.3) is 10.9 Å². The molecule has 1 fully saturated rings. The van der Waals surface area contributed by atoms with Crippen LogP contribution in [-0.4, -0.2) is 43.6 Å². The minimum absolute atomic E-state index is 0.177. The number of halogens is 3. The lowest BCUT2D eigenvalue weighted by Crippen LogP contribution is -2.35. The van der Waals surface area contributed by atoms with E-state index in [0.29, 0.717) is 44.8 Å². The number of benzene rings is 1. The molecule has 0 aliphatic carbocycles. The first-order valence-electron chi connectivity index (χ1n) is 10.3. The molecule has 1 atom stereocenters. The molecule has 1 aromatic carbocycles. The molecule has 1 saturated heterocycles. The van der Waals surface area contributed by atoms with E-state index in [1.54, 1.807) is 24.4 Å². The summed E-state index contributed by atoms with van der Waals surface area (Å²) in [6, 6.07) is 6.18.